The Hall–Kier alpha value is -2.41. The van der Waals surface area contributed by atoms with E-state index in [4.69, 9.17) is 23.2 Å². The topological polar surface area (TPSA) is 77.9 Å². The Balaban J connectivity index is 1.79. The molecule has 1 spiro atoms. The van der Waals surface area contributed by atoms with Gasteiger partial charge in [0.15, 0.2) is 5.78 Å². The Kier molecular flexibility index (Phi) is 4.89. The number of hydrogen-bond acceptors (Lipinski definition) is 4. The first-order valence-electron chi connectivity index (χ1n) is 10.6. The number of aliphatic carboxylic acids is 1. The van der Waals surface area contributed by atoms with Crippen molar-refractivity contribution in [1.29, 1.82) is 0 Å². The van der Waals surface area contributed by atoms with Gasteiger partial charge in [-0.25, -0.2) is 0 Å². The van der Waals surface area contributed by atoms with Crippen molar-refractivity contribution in [2.45, 2.75) is 31.3 Å². The Bertz CT molecular complexity index is 1180. The number of carbonyl (C=O) groups is 3. The molecule has 5 rings (SSSR count). The van der Waals surface area contributed by atoms with Gasteiger partial charge >= 0.3 is 5.97 Å². The molecule has 0 aromatic heterocycles. The van der Waals surface area contributed by atoms with Crippen molar-refractivity contribution in [3.63, 3.8) is 0 Å². The number of hydrogen-bond donors (Lipinski definition) is 1. The third kappa shape index (κ3) is 2.66. The molecule has 2 aromatic carbocycles. The highest BCUT2D eigenvalue weighted by Crippen LogP contribution is 2.59. The van der Waals surface area contributed by atoms with Gasteiger partial charge < -0.3 is 10.0 Å². The molecule has 166 valence electrons. The van der Waals surface area contributed by atoms with E-state index in [0.29, 0.717) is 29.2 Å². The number of carboxylic acid groups (broad SMARTS) is 1. The zero-order chi connectivity index (χ0) is 22.9. The van der Waals surface area contributed by atoms with Crippen molar-refractivity contribution in [2.75, 3.05) is 18.5 Å². The molecular formula is C24H22Cl2N2O4. The van der Waals surface area contributed by atoms with Crippen LogP contribution in [0.25, 0.3) is 0 Å². The maximum atomic E-state index is 14.0. The fourth-order valence-corrected chi connectivity index (χ4v) is 6.36. The molecule has 0 aliphatic carbocycles. The predicted molar refractivity (Wildman–Crippen MR) is 121 cm³/mol. The highest BCUT2D eigenvalue weighted by molar-refractivity contribution is 6.42. The summed E-state index contributed by atoms with van der Waals surface area (Å²) in [5.41, 5.74) is 1.27. The van der Waals surface area contributed by atoms with Crippen LogP contribution in [0.15, 0.2) is 36.4 Å². The molecule has 2 aromatic rings. The van der Waals surface area contributed by atoms with Crippen LogP contribution in [-0.2, 0) is 15.1 Å². The van der Waals surface area contributed by atoms with Gasteiger partial charge in [-0.3, -0.25) is 19.3 Å². The van der Waals surface area contributed by atoms with E-state index in [1.807, 2.05) is 30.0 Å². The largest absolute Gasteiger partial charge is 0.481 e. The minimum absolute atomic E-state index is 0.211. The Morgan fingerprint density at radius 3 is 2.56 bits per heavy atom. The van der Waals surface area contributed by atoms with Crippen LogP contribution in [0.1, 0.15) is 34.3 Å². The van der Waals surface area contributed by atoms with E-state index in [-0.39, 0.29) is 16.5 Å². The van der Waals surface area contributed by atoms with Crippen molar-refractivity contribution in [3.8, 4) is 0 Å². The van der Waals surface area contributed by atoms with E-state index in [1.165, 1.54) is 12.1 Å². The highest BCUT2D eigenvalue weighted by Gasteiger charge is 2.71. The number of anilines is 1. The summed E-state index contributed by atoms with van der Waals surface area (Å²) in [5.74, 6) is -3.81. The number of Topliss-reactive ketones (excluding diaryl/α,β-unsaturated/α-hetero) is 1. The molecule has 0 radical (unpaired) electrons. The molecule has 3 aliphatic heterocycles. The number of halogens is 2. The molecule has 2 saturated heterocycles. The Morgan fingerprint density at radius 2 is 1.88 bits per heavy atom. The van der Waals surface area contributed by atoms with Gasteiger partial charge in [-0.2, -0.15) is 0 Å². The van der Waals surface area contributed by atoms with E-state index in [9.17, 15) is 19.5 Å². The van der Waals surface area contributed by atoms with Gasteiger partial charge in [0, 0.05) is 29.9 Å². The van der Waals surface area contributed by atoms with E-state index in [2.05, 4.69) is 0 Å². The van der Waals surface area contributed by atoms with Gasteiger partial charge in [0.05, 0.1) is 21.9 Å². The number of carboxylic acids is 1. The molecule has 1 N–H and O–H groups in total. The maximum Gasteiger partial charge on any atom is 0.308 e. The summed E-state index contributed by atoms with van der Waals surface area (Å²) >= 11 is 12.2. The average molecular weight is 473 g/mol. The molecule has 2 fully saturated rings. The smallest absolute Gasteiger partial charge is 0.308 e. The monoisotopic (exact) mass is 472 g/mol. The molecule has 4 atom stereocenters. The third-order valence-corrected chi connectivity index (χ3v) is 8.04. The van der Waals surface area contributed by atoms with Crippen molar-refractivity contribution in [2.24, 2.45) is 11.8 Å². The standard InChI is InChI=1S/C24H22Cl2N2O4/c1-12-5-8-17-14(10-12)24(23(32)27(17)2)20(19(22(30)31)18-4-3-9-28(18)24)21(29)13-6-7-15(25)16(26)11-13/h5-8,10-11,18-20H,3-4,9H2,1-2H3,(H,30,31)/t18?,19-,20-,24+/m0/s1. The average Bonchev–Trinajstić information content (AvgIpc) is 3.38. The molecule has 32 heavy (non-hydrogen) atoms. The van der Waals surface area contributed by atoms with Crippen LogP contribution in [-0.4, -0.2) is 47.3 Å². The van der Waals surface area contributed by atoms with E-state index >= 15 is 0 Å². The lowest BCUT2D eigenvalue weighted by Gasteiger charge is -2.37. The number of carbonyl (C=O) groups excluding carboxylic acids is 2. The normalized spacial score (nSPS) is 28.9. The Labute approximate surface area is 195 Å². The van der Waals surface area contributed by atoms with Crippen molar-refractivity contribution < 1.29 is 19.5 Å². The summed E-state index contributed by atoms with van der Waals surface area (Å²) in [6.45, 7) is 2.49. The van der Waals surface area contributed by atoms with E-state index < -0.39 is 35.2 Å². The predicted octanol–water partition coefficient (Wildman–Crippen LogP) is 4.15. The van der Waals surface area contributed by atoms with E-state index in [1.54, 1.807) is 18.0 Å². The molecule has 3 aliphatic rings. The number of benzene rings is 2. The second-order valence-electron chi connectivity index (χ2n) is 8.89. The highest BCUT2D eigenvalue weighted by atomic mass is 35.5. The first kappa shape index (κ1) is 21.4. The summed E-state index contributed by atoms with van der Waals surface area (Å²) in [7, 11) is 1.69. The van der Waals surface area contributed by atoms with Gasteiger partial charge in [0.2, 0.25) is 0 Å². The first-order valence-corrected chi connectivity index (χ1v) is 11.3. The van der Waals surface area contributed by atoms with Crippen LogP contribution in [0.5, 0.6) is 0 Å². The molecule has 6 nitrogen and oxygen atoms in total. The van der Waals surface area contributed by atoms with Crippen LogP contribution in [0.2, 0.25) is 10.0 Å². The maximum absolute atomic E-state index is 14.0. The van der Waals surface area contributed by atoms with Gasteiger partial charge in [-0.05, 0) is 50.6 Å². The lowest BCUT2D eigenvalue weighted by atomic mass is 9.70. The second kappa shape index (κ2) is 7.30. The quantitative estimate of drug-likeness (QED) is 0.678. The van der Waals surface area contributed by atoms with Crippen molar-refractivity contribution in [3.05, 3.63) is 63.1 Å². The zero-order valence-electron chi connectivity index (χ0n) is 17.6. The molecule has 1 amide bonds. The van der Waals surface area contributed by atoms with Gasteiger partial charge in [-0.15, -0.1) is 0 Å². The number of aryl methyl sites for hydroxylation is 1. The minimum Gasteiger partial charge on any atom is -0.481 e. The number of fused-ring (bicyclic) bond motifs is 4. The summed E-state index contributed by atoms with van der Waals surface area (Å²) in [6, 6.07) is 9.85. The van der Waals surface area contributed by atoms with Gasteiger partial charge in [0.1, 0.15) is 5.54 Å². The number of ketones is 1. The van der Waals surface area contributed by atoms with Crippen LogP contribution in [0.3, 0.4) is 0 Å². The SMILES string of the molecule is Cc1ccc2c(c1)[C@]1(C(=O)N2C)[C@H](C(=O)c2ccc(Cl)c(Cl)c2)[C@@H](C(=O)O)C2CCCN21. The molecule has 8 heteroatoms. The molecule has 0 saturated carbocycles. The fraction of sp³-hybridized carbons (Fsp3) is 0.375. The van der Waals surface area contributed by atoms with Crippen LogP contribution < -0.4 is 4.90 Å². The van der Waals surface area contributed by atoms with Crippen LogP contribution >= 0.6 is 23.2 Å². The fourth-order valence-electron chi connectivity index (χ4n) is 6.06. The van der Waals surface area contributed by atoms with Crippen molar-refractivity contribution in [1.82, 2.24) is 4.90 Å². The van der Waals surface area contributed by atoms with Gasteiger partial charge in [-0.1, -0.05) is 40.9 Å². The summed E-state index contributed by atoms with van der Waals surface area (Å²) in [5, 5.41) is 10.8. The summed E-state index contributed by atoms with van der Waals surface area (Å²) in [4.78, 5) is 44.1. The van der Waals surface area contributed by atoms with Crippen LogP contribution in [0.4, 0.5) is 5.69 Å². The minimum atomic E-state index is -1.36. The second-order valence-corrected chi connectivity index (χ2v) is 9.70. The molecular weight excluding hydrogens is 451 g/mol. The first-order chi connectivity index (χ1) is 15.2. The number of rotatable bonds is 3. The number of nitrogens with zero attached hydrogens (tertiary/aromatic N) is 2. The lowest BCUT2D eigenvalue weighted by molar-refractivity contribution is -0.143. The number of likely N-dealkylation sites (N-methyl/N-ethyl adjacent to an activating group) is 1. The number of amides is 1. The van der Waals surface area contributed by atoms with Crippen molar-refractivity contribution >= 4 is 46.5 Å². The van der Waals surface area contributed by atoms with Gasteiger partial charge in [0.25, 0.3) is 5.91 Å². The summed E-state index contributed by atoms with van der Waals surface area (Å²) in [6.07, 6.45) is 1.41. The van der Waals surface area contributed by atoms with Crippen LogP contribution in [0, 0.1) is 18.8 Å². The van der Waals surface area contributed by atoms with E-state index in [0.717, 1.165) is 12.0 Å². The third-order valence-electron chi connectivity index (χ3n) is 7.30. The molecule has 0 bridgehead atoms. The zero-order valence-corrected chi connectivity index (χ0v) is 19.2. The Morgan fingerprint density at radius 1 is 1.12 bits per heavy atom. The molecule has 3 heterocycles. The lowest BCUT2D eigenvalue weighted by Crippen LogP contribution is -2.54. The molecule has 1 unspecified atom stereocenters. The summed E-state index contributed by atoms with van der Waals surface area (Å²) < 4.78 is 0.